The lowest BCUT2D eigenvalue weighted by Gasteiger charge is -1.95. The Kier molecular flexibility index (Phi) is 3.47. The first-order valence-electron chi connectivity index (χ1n) is 3.91. The summed E-state index contributed by atoms with van der Waals surface area (Å²) in [6.07, 6.45) is 6.39. The van der Waals surface area contributed by atoms with Gasteiger partial charge in [-0.1, -0.05) is 13.8 Å². The largest absolute Gasteiger partial charge is 0.164 e. The molecule has 0 saturated carbocycles. The summed E-state index contributed by atoms with van der Waals surface area (Å²) in [7, 11) is 0. The monoisotopic (exact) mass is 229 g/mol. The molecule has 3 nitrogen and oxygen atoms in total. The van der Waals surface area contributed by atoms with Crippen molar-refractivity contribution in [2.24, 2.45) is 11.0 Å². The first kappa shape index (κ1) is 9.45. The Bertz CT molecular complexity index is 265. The van der Waals surface area contributed by atoms with Gasteiger partial charge < -0.3 is 0 Å². The highest BCUT2D eigenvalue weighted by Gasteiger charge is 1.91. The van der Waals surface area contributed by atoms with E-state index in [1.54, 1.807) is 11.0 Å². The standard InChI is InChI=1S/C8H12BrN3/c1-7(2)3-4-10-12-6-8(9)5-11-12/h4-7H,3H2,1-2H3/b10-4+. The number of halogens is 1. The van der Waals surface area contributed by atoms with Crippen molar-refractivity contribution in [2.45, 2.75) is 20.3 Å². The molecular weight excluding hydrogens is 218 g/mol. The molecule has 66 valence electrons. The summed E-state index contributed by atoms with van der Waals surface area (Å²) in [5, 5.41) is 8.10. The Morgan fingerprint density at radius 1 is 1.75 bits per heavy atom. The zero-order valence-electron chi connectivity index (χ0n) is 7.24. The molecule has 1 aromatic heterocycles. The normalized spacial score (nSPS) is 11.7. The summed E-state index contributed by atoms with van der Waals surface area (Å²) in [5.41, 5.74) is 0. The topological polar surface area (TPSA) is 30.2 Å². The number of hydrogen-bond donors (Lipinski definition) is 0. The minimum Gasteiger partial charge on any atom is -0.164 e. The molecular formula is C8H12BrN3. The van der Waals surface area contributed by atoms with Gasteiger partial charge in [0.05, 0.1) is 16.9 Å². The van der Waals surface area contributed by atoms with E-state index >= 15 is 0 Å². The van der Waals surface area contributed by atoms with Gasteiger partial charge in [-0.15, -0.1) is 0 Å². The van der Waals surface area contributed by atoms with Crippen LogP contribution >= 0.6 is 15.9 Å². The van der Waals surface area contributed by atoms with E-state index in [2.05, 4.69) is 40.0 Å². The first-order chi connectivity index (χ1) is 5.68. The predicted molar refractivity (Wildman–Crippen MR) is 53.3 cm³/mol. The zero-order valence-corrected chi connectivity index (χ0v) is 8.82. The van der Waals surface area contributed by atoms with Crippen molar-refractivity contribution < 1.29 is 0 Å². The van der Waals surface area contributed by atoms with Crippen molar-refractivity contribution in [1.82, 2.24) is 9.89 Å². The highest BCUT2D eigenvalue weighted by Crippen LogP contribution is 2.05. The number of hydrogen-bond acceptors (Lipinski definition) is 2. The molecule has 0 atom stereocenters. The first-order valence-corrected chi connectivity index (χ1v) is 4.71. The van der Waals surface area contributed by atoms with Crippen molar-refractivity contribution in [3.8, 4) is 0 Å². The van der Waals surface area contributed by atoms with Crippen LogP contribution in [0.4, 0.5) is 0 Å². The molecule has 0 aliphatic rings. The molecule has 1 aromatic rings. The molecule has 1 rings (SSSR count). The maximum atomic E-state index is 4.12. The lowest BCUT2D eigenvalue weighted by atomic mass is 10.2. The van der Waals surface area contributed by atoms with E-state index in [1.807, 2.05) is 12.4 Å². The third kappa shape index (κ3) is 3.17. The van der Waals surface area contributed by atoms with E-state index in [0.29, 0.717) is 5.92 Å². The highest BCUT2D eigenvalue weighted by molar-refractivity contribution is 9.10. The van der Waals surface area contributed by atoms with Crippen molar-refractivity contribution in [2.75, 3.05) is 0 Å². The molecule has 0 amide bonds. The fourth-order valence-corrected chi connectivity index (χ4v) is 0.971. The smallest absolute Gasteiger partial charge is 0.0654 e. The fourth-order valence-electron chi connectivity index (χ4n) is 0.696. The average molecular weight is 230 g/mol. The summed E-state index contributed by atoms with van der Waals surface area (Å²) in [5.74, 6) is 0.646. The van der Waals surface area contributed by atoms with Crippen LogP contribution in [0.25, 0.3) is 0 Å². The highest BCUT2D eigenvalue weighted by atomic mass is 79.9. The minimum absolute atomic E-state index is 0.646. The van der Waals surface area contributed by atoms with Crippen molar-refractivity contribution in [1.29, 1.82) is 0 Å². The Hall–Kier alpha value is -0.640. The molecule has 0 aromatic carbocycles. The van der Waals surface area contributed by atoms with Gasteiger partial charge in [0.25, 0.3) is 0 Å². The van der Waals surface area contributed by atoms with Crippen molar-refractivity contribution in [3.63, 3.8) is 0 Å². The SMILES string of the molecule is CC(C)C/C=N/n1cc(Br)cn1. The summed E-state index contributed by atoms with van der Waals surface area (Å²) < 4.78 is 0.948. The minimum atomic E-state index is 0.646. The van der Waals surface area contributed by atoms with Gasteiger partial charge >= 0.3 is 0 Å². The van der Waals surface area contributed by atoms with Crippen LogP contribution in [0.2, 0.25) is 0 Å². The second-order valence-electron chi connectivity index (χ2n) is 3.01. The van der Waals surface area contributed by atoms with Gasteiger partial charge in [-0.05, 0) is 28.3 Å². The van der Waals surface area contributed by atoms with Gasteiger partial charge in [-0.2, -0.15) is 15.0 Å². The second-order valence-corrected chi connectivity index (χ2v) is 3.92. The third-order valence-electron chi connectivity index (χ3n) is 1.31. The van der Waals surface area contributed by atoms with Crippen LogP contribution in [0.5, 0.6) is 0 Å². The Morgan fingerprint density at radius 3 is 3.00 bits per heavy atom. The molecule has 0 bridgehead atoms. The molecule has 12 heavy (non-hydrogen) atoms. The maximum Gasteiger partial charge on any atom is 0.0654 e. The average Bonchev–Trinajstić information content (AvgIpc) is 2.35. The second kappa shape index (κ2) is 4.40. The fraction of sp³-hybridized carbons (Fsp3) is 0.500. The zero-order chi connectivity index (χ0) is 8.97. The van der Waals surface area contributed by atoms with E-state index in [-0.39, 0.29) is 0 Å². The molecule has 0 radical (unpaired) electrons. The van der Waals surface area contributed by atoms with Crippen LogP contribution in [0, 0.1) is 5.92 Å². The number of rotatable bonds is 3. The lowest BCUT2D eigenvalue weighted by Crippen LogP contribution is -1.92. The maximum absolute atomic E-state index is 4.12. The van der Waals surface area contributed by atoms with E-state index < -0.39 is 0 Å². The van der Waals surface area contributed by atoms with Gasteiger partial charge in [-0.25, -0.2) is 0 Å². The van der Waals surface area contributed by atoms with Crippen molar-refractivity contribution in [3.05, 3.63) is 16.9 Å². The molecule has 4 heteroatoms. The molecule has 0 N–H and O–H groups in total. The van der Waals surface area contributed by atoms with E-state index in [9.17, 15) is 0 Å². The number of nitrogens with zero attached hydrogens (tertiary/aromatic N) is 3. The molecule has 0 fully saturated rings. The van der Waals surface area contributed by atoms with E-state index in [0.717, 1.165) is 10.9 Å². The summed E-state index contributed by atoms with van der Waals surface area (Å²) in [6.45, 7) is 4.32. The molecule has 0 saturated heterocycles. The van der Waals surface area contributed by atoms with Crippen LogP contribution in [0.15, 0.2) is 22.0 Å². The number of aromatic nitrogens is 2. The molecule has 0 aliphatic heterocycles. The van der Waals surface area contributed by atoms with Crippen LogP contribution in [0.3, 0.4) is 0 Å². The van der Waals surface area contributed by atoms with Crippen LogP contribution in [-0.4, -0.2) is 16.1 Å². The predicted octanol–water partition coefficient (Wildman–Crippen LogP) is 2.53. The van der Waals surface area contributed by atoms with Crippen molar-refractivity contribution >= 4 is 22.1 Å². The van der Waals surface area contributed by atoms with Crippen LogP contribution < -0.4 is 0 Å². The molecule has 0 unspecified atom stereocenters. The Balaban J connectivity index is 2.46. The molecule has 0 spiro atoms. The van der Waals surface area contributed by atoms with Crippen LogP contribution in [-0.2, 0) is 0 Å². The van der Waals surface area contributed by atoms with Gasteiger partial charge in [0, 0.05) is 6.21 Å². The third-order valence-corrected chi connectivity index (χ3v) is 1.72. The lowest BCUT2D eigenvalue weighted by molar-refractivity contribution is 0.677. The van der Waals surface area contributed by atoms with Gasteiger partial charge in [-0.3, -0.25) is 0 Å². The summed E-state index contributed by atoms with van der Waals surface area (Å²) >= 11 is 3.30. The summed E-state index contributed by atoms with van der Waals surface area (Å²) in [4.78, 5) is 1.55. The van der Waals surface area contributed by atoms with E-state index in [4.69, 9.17) is 0 Å². The van der Waals surface area contributed by atoms with Gasteiger partial charge in [0.15, 0.2) is 0 Å². The van der Waals surface area contributed by atoms with Crippen LogP contribution in [0.1, 0.15) is 20.3 Å². The Labute approximate surface area is 80.6 Å². The quantitative estimate of drug-likeness (QED) is 0.734. The van der Waals surface area contributed by atoms with Gasteiger partial charge in [0.2, 0.25) is 0 Å². The molecule has 0 aliphatic carbocycles. The van der Waals surface area contributed by atoms with E-state index in [1.165, 1.54) is 0 Å². The molecule has 1 heterocycles. The summed E-state index contributed by atoms with van der Waals surface area (Å²) in [6, 6.07) is 0. The Morgan fingerprint density at radius 2 is 2.50 bits per heavy atom. The van der Waals surface area contributed by atoms with Gasteiger partial charge in [0.1, 0.15) is 0 Å².